The Morgan fingerprint density at radius 1 is 1.08 bits per heavy atom. The SMILES string of the molecule is CCOc1c(C(C)(C)C)cc(/C(C)=C/CC(=O)O)cc1C(C)(C)C. The molecule has 0 saturated heterocycles. The molecule has 0 aliphatic carbocycles. The molecule has 3 nitrogen and oxygen atoms in total. The van der Waals surface area contributed by atoms with Crippen molar-refractivity contribution in [2.24, 2.45) is 0 Å². The molecule has 0 spiro atoms. The van der Waals surface area contributed by atoms with Crippen LogP contribution >= 0.6 is 0 Å². The van der Waals surface area contributed by atoms with Gasteiger partial charge in [0.2, 0.25) is 0 Å². The zero-order valence-corrected chi connectivity index (χ0v) is 16.4. The van der Waals surface area contributed by atoms with Gasteiger partial charge in [-0.05, 0) is 47.9 Å². The van der Waals surface area contributed by atoms with E-state index in [4.69, 9.17) is 9.84 Å². The Bertz CT molecular complexity index is 590. The lowest BCUT2D eigenvalue weighted by molar-refractivity contribution is -0.135. The number of carboxylic acid groups (broad SMARTS) is 1. The van der Waals surface area contributed by atoms with Crippen molar-refractivity contribution < 1.29 is 14.6 Å². The maximum Gasteiger partial charge on any atom is 0.307 e. The summed E-state index contributed by atoms with van der Waals surface area (Å²) >= 11 is 0. The molecular formula is C21H32O3. The number of hydrogen-bond acceptors (Lipinski definition) is 2. The van der Waals surface area contributed by atoms with Crippen LogP contribution in [0.25, 0.3) is 5.57 Å². The smallest absolute Gasteiger partial charge is 0.307 e. The highest BCUT2D eigenvalue weighted by Gasteiger charge is 2.27. The van der Waals surface area contributed by atoms with Gasteiger partial charge in [0.15, 0.2) is 0 Å². The lowest BCUT2D eigenvalue weighted by atomic mass is 9.77. The highest BCUT2D eigenvalue weighted by Crippen LogP contribution is 2.41. The zero-order valence-electron chi connectivity index (χ0n) is 16.4. The van der Waals surface area contributed by atoms with E-state index < -0.39 is 5.97 Å². The Kier molecular flexibility index (Phi) is 6.26. The molecule has 0 bridgehead atoms. The molecule has 1 rings (SSSR count). The van der Waals surface area contributed by atoms with Crippen LogP contribution in [0.5, 0.6) is 5.75 Å². The molecule has 0 heterocycles. The number of carboxylic acids is 1. The Balaban J connectivity index is 3.65. The number of allylic oxidation sites excluding steroid dienone is 1. The fourth-order valence-electron chi connectivity index (χ4n) is 2.63. The van der Waals surface area contributed by atoms with Crippen molar-refractivity contribution in [1.82, 2.24) is 0 Å². The molecule has 0 unspecified atom stereocenters. The van der Waals surface area contributed by atoms with Crippen molar-refractivity contribution in [2.75, 3.05) is 6.61 Å². The van der Waals surface area contributed by atoms with Crippen molar-refractivity contribution in [2.45, 2.75) is 72.6 Å². The van der Waals surface area contributed by atoms with E-state index >= 15 is 0 Å². The summed E-state index contributed by atoms with van der Waals surface area (Å²) in [6.07, 6.45) is 1.81. The van der Waals surface area contributed by atoms with E-state index in [2.05, 4.69) is 53.7 Å². The van der Waals surface area contributed by atoms with Gasteiger partial charge in [0.1, 0.15) is 5.75 Å². The number of carbonyl (C=O) groups is 1. The van der Waals surface area contributed by atoms with E-state index in [1.54, 1.807) is 6.08 Å². The number of hydrogen-bond donors (Lipinski definition) is 1. The summed E-state index contributed by atoms with van der Waals surface area (Å²) in [5, 5.41) is 8.93. The summed E-state index contributed by atoms with van der Waals surface area (Å²) < 4.78 is 6.04. The largest absolute Gasteiger partial charge is 0.493 e. The Labute approximate surface area is 146 Å². The normalized spacial score (nSPS) is 13.1. The Morgan fingerprint density at radius 3 is 1.88 bits per heavy atom. The second kappa shape index (κ2) is 7.42. The van der Waals surface area contributed by atoms with Gasteiger partial charge in [0.25, 0.3) is 0 Å². The second-order valence-electron chi connectivity index (χ2n) is 8.32. The topological polar surface area (TPSA) is 46.5 Å². The van der Waals surface area contributed by atoms with E-state index in [0.29, 0.717) is 6.61 Å². The van der Waals surface area contributed by atoms with Gasteiger partial charge in [-0.1, -0.05) is 47.6 Å². The minimum Gasteiger partial charge on any atom is -0.493 e. The minimum atomic E-state index is -0.813. The van der Waals surface area contributed by atoms with Crippen LogP contribution in [0.15, 0.2) is 18.2 Å². The average Bonchev–Trinajstić information content (AvgIpc) is 2.42. The van der Waals surface area contributed by atoms with Crippen LogP contribution < -0.4 is 4.74 Å². The highest BCUT2D eigenvalue weighted by atomic mass is 16.5. The molecule has 1 N–H and O–H groups in total. The molecule has 0 aromatic heterocycles. The third-order valence-electron chi connectivity index (χ3n) is 4.03. The first-order chi connectivity index (χ1) is 10.9. The van der Waals surface area contributed by atoms with Gasteiger partial charge in [-0.15, -0.1) is 0 Å². The van der Waals surface area contributed by atoms with Crippen molar-refractivity contribution in [3.8, 4) is 5.75 Å². The van der Waals surface area contributed by atoms with E-state index in [9.17, 15) is 4.79 Å². The van der Waals surface area contributed by atoms with Crippen LogP contribution in [0.1, 0.15) is 78.5 Å². The first-order valence-electron chi connectivity index (χ1n) is 8.58. The molecule has 0 fully saturated rings. The van der Waals surface area contributed by atoms with Crippen molar-refractivity contribution in [3.05, 3.63) is 34.9 Å². The number of rotatable bonds is 5. The predicted molar refractivity (Wildman–Crippen MR) is 101 cm³/mol. The van der Waals surface area contributed by atoms with Crippen LogP contribution in [0, 0.1) is 0 Å². The van der Waals surface area contributed by atoms with Crippen LogP contribution in [0.4, 0.5) is 0 Å². The fourth-order valence-corrected chi connectivity index (χ4v) is 2.63. The molecule has 3 heteroatoms. The van der Waals surface area contributed by atoms with Crippen LogP contribution in [-0.4, -0.2) is 17.7 Å². The Hall–Kier alpha value is -1.77. The molecule has 0 atom stereocenters. The zero-order chi connectivity index (χ0) is 18.7. The van der Waals surface area contributed by atoms with Crippen molar-refractivity contribution in [1.29, 1.82) is 0 Å². The molecule has 0 saturated carbocycles. The fraction of sp³-hybridized carbons (Fsp3) is 0.571. The number of aliphatic carboxylic acids is 1. The molecule has 0 aliphatic rings. The third-order valence-corrected chi connectivity index (χ3v) is 4.03. The predicted octanol–water partition coefficient (Wildman–Crippen LogP) is 5.56. The van der Waals surface area contributed by atoms with Crippen molar-refractivity contribution in [3.63, 3.8) is 0 Å². The van der Waals surface area contributed by atoms with Gasteiger partial charge in [-0.3, -0.25) is 4.79 Å². The molecule has 0 aliphatic heterocycles. The molecule has 1 aromatic carbocycles. The van der Waals surface area contributed by atoms with E-state index in [1.165, 1.54) is 0 Å². The van der Waals surface area contributed by atoms with Crippen LogP contribution in [-0.2, 0) is 15.6 Å². The standard InChI is InChI=1S/C21H32O3/c1-9-24-19-16(20(3,4)5)12-15(13-17(19)21(6,7)8)14(2)10-11-18(22)23/h10,12-13H,9,11H2,1-8H3,(H,22,23)/b14-10+. The summed E-state index contributed by atoms with van der Waals surface area (Å²) in [7, 11) is 0. The average molecular weight is 332 g/mol. The van der Waals surface area contributed by atoms with Gasteiger partial charge in [-0.2, -0.15) is 0 Å². The van der Waals surface area contributed by atoms with Gasteiger partial charge in [-0.25, -0.2) is 0 Å². The second-order valence-corrected chi connectivity index (χ2v) is 8.32. The molecule has 24 heavy (non-hydrogen) atoms. The van der Waals surface area contributed by atoms with E-state index in [0.717, 1.165) is 28.0 Å². The summed E-state index contributed by atoms with van der Waals surface area (Å²) in [6, 6.07) is 4.29. The molecule has 0 amide bonds. The van der Waals surface area contributed by atoms with Crippen molar-refractivity contribution >= 4 is 11.5 Å². The van der Waals surface area contributed by atoms with E-state index in [-0.39, 0.29) is 17.3 Å². The lowest BCUT2D eigenvalue weighted by Gasteiger charge is -2.30. The molecular weight excluding hydrogens is 300 g/mol. The molecule has 0 radical (unpaired) electrons. The van der Waals surface area contributed by atoms with Crippen LogP contribution in [0.3, 0.4) is 0 Å². The maximum atomic E-state index is 10.9. The monoisotopic (exact) mass is 332 g/mol. The number of ether oxygens (including phenoxy) is 1. The van der Waals surface area contributed by atoms with E-state index in [1.807, 2.05) is 13.8 Å². The summed E-state index contributed by atoms with van der Waals surface area (Å²) in [6.45, 7) is 17.7. The van der Waals surface area contributed by atoms with Gasteiger partial charge >= 0.3 is 5.97 Å². The van der Waals surface area contributed by atoms with Gasteiger partial charge in [0.05, 0.1) is 13.0 Å². The maximum absolute atomic E-state index is 10.9. The minimum absolute atomic E-state index is 0.0365. The Morgan fingerprint density at radius 2 is 1.54 bits per heavy atom. The quantitative estimate of drug-likeness (QED) is 0.768. The highest BCUT2D eigenvalue weighted by molar-refractivity contribution is 5.74. The summed E-state index contributed by atoms with van der Waals surface area (Å²) in [5.41, 5.74) is 4.25. The molecule has 1 aromatic rings. The first-order valence-corrected chi connectivity index (χ1v) is 8.58. The first kappa shape index (κ1) is 20.3. The summed E-state index contributed by atoms with van der Waals surface area (Å²) in [5.74, 6) is 0.152. The summed E-state index contributed by atoms with van der Waals surface area (Å²) in [4.78, 5) is 10.9. The van der Waals surface area contributed by atoms with Gasteiger partial charge in [0, 0.05) is 11.1 Å². The third kappa shape index (κ3) is 5.12. The van der Waals surface area contributed by atoms with Crippen LogP contribution in [0.2, 0.25) is 0 Å². The van der Waals surface area contributed by atoms with Gasteiger partial charge < -0.3 is 9.84 Å². The molecule has 134 valence electrons. The lowest BCUT2D eigenvalue weighted by Crippen LogP contribution is -2.20. The number of benzene rings is 1.